The number of halogens is 1. The molecule has 23 heavy (non-hydrogen) atoms. The molecule has 1 N–H and O–H groups in total. The Morgan fingerprint density at radius 1 is 1.35 bits per heavy atom. The normalized spacial score (nSPS) is 18.4. The van der Waals surface area contributed by atoms with Crippen LogP contribution in [0, 0.1) is 0 Å². The van der Waals surface area contributed by atoms with Crippen LogP contribution in [0.15, 0.2) is 40.1 Å². The van der Waals surface area contributed by atoms with Crippen LogP contribution in [0.25, 0.3) is 0 Å². The van der Waals surface area contributed by atoms with Crippen LogP contribution in [-0.4, -0.2) is 34.1 Å². The zero-order chi connectivity index (χ0) is 16.4. The average molecular weight is 334 g/mol. The maximum absolute atomic E-state index is 12.0. The summed E-state index contributed by atoms with van der Waals surface area (Å²) in [6.45, 7) is 2.81. The van der Waals surface area contributed by atoms with Gasteiger partial charge in [-0.3, -0.25) is 9.36 Å². The highest BCUT2D eigenvalue weighted by molar-refractivity contribution is 6.30. The van der Waals surface area contributed by atoms with Gasteiger partial charge in [-0.05, 0) is 43.0 Å². The SMILES string of the molecule is Cn1c(=O)[nH]cc(CCN2CC[C@H](c3cccc(Cl)c3)C2)c1=O. The zero-order valence-corrected chi connectivity index (χ0v) is 13.8. The van der Waals surface area contributed by atoms with Crippen LogP contribution in [0.4, 0.5) is 0 Å². The highest BCUT2D eigenvalue weighted by atomic mass is 35.5. The Hall–Kier alpha value is -1.85. The molecule has 0 amide bonds. The third-order valence-electron chi connectivity index (χ3n) is 4.54. The van der Waals surface area contributed by atoms with Crippen molar-refractivity contribution in [3.63, 3.8) is 0 Å². The monoisotopic (exact) mass is 333 g/mol. The van der Waals surface area contributed by atoms with Crippen molar-refractivity contribution < 1.29 is 0 Å². The van der Waals surface area contributed by atoms with Gasteiger partial charge in [0, 0.05) is 36.9 Å². The van der Waals surface area contributed by atoms with Gasteiger partial charge >= 0.3 is 5.69 Å². The first kappa shape index (κ1) is 16.0. The summed E-state index contributed by atoms with van der Waals surface area (Å²) in [5.74, 6) is 0.493. The first-order chi connectivity index (χ1) is 11.0. The molecule has 0 saturated carbocycles. The standard InChI is InChI=1S/C17H20ClN3O2/c1-20-16(22)13(10-19-17(20)23)5-7-21-8-6-14(11-21)12-3-2-4-15(18)9-12/h2-4,9-10,14H,5-8,11H2,1H3,(H,19,23)/t14-/m0/s1. The number of likely N-dealkylation sites (tertiary alicyclic amines) is 1. The second-order valence-electron chi connectivity index (χ2n) is 6.07. The lowest BCUT2D eigenvalue weighted by atomic mass is 9.99. The van der Waals surface area contributed by atoms with E-state index in [-0.39, 0.29) is 11.2 Å². The number of H-pyrrole nitrogens is 1. The summed E-state index contributed by atoms with van der Waals surface area (Å²) in [6.07, 6.45) is 3.28. The molecule has 1 saturated heterocycles. The van der Waals surface area contributed by atoms with E-state index in [1.54, 1.807) is 0 Å². The Kier molecular flexibility index (Phi) is 4.68. The van der Waals surface area contributed by atoms with Crippen LogP contribution >= 0.6 is 11.6 Å². The van der Waals surface area contributed by atoms with E-state index >= 15 is 0 Å². The molecule has 3 rings (SSSR count). The van der Waals surface area contributed by atoms with Gasteiger partial charge in [0.2, 0.25) is 0 Å². The van der Waals surface area contributed by atoms with Crippen molar-refractivity contribution in [2.75, 3.05) is 19.6 Å². The Labute approximate surface area is 139 Å². The quantitative estimate of drug-likeness (QED) is 0.927. The Morgan fingerprint density at radius 2 is 2.17 bits per heavy atom. The Balaban J connectivity index is 1.62. The van der Waals surface area contributed by atoms with E-state index in [1.165, 1.54) is 18.8 Å². The summed E-state index contributed by atoms with van der Waals surface area (Å²) in [4.78, 5) is 28.4. The smallest absolute Gasteiger partial charge is 0.314 e. The van der Waals surface area contributed by atoms with Crippen molar-refractivity contribution in [3.05, 3.63) is 67.4 Å². The minimum atomic E-state index is -0.374. The van der Waals surface area contributed by atoms with Gasteiger partial charge in [-0.15, -0.1) is 0 Å². The van der Waals surface area contributed by atoms with Crippen LogP contribution in [0.3, 0.4) is 0 Å². The molecule has 0 aliphatic carbocycles. The molecule has 2 heterocycles. The molecule has 1 atom stereocenters. The fourth-order valence-electron chi connectivity index (χ4n) is 3.14. The molecular formula is C17H20ClN3O2. The van der Waals surface area contributed by atoms with E-state index in [9.17, 15) is 9.59 Å². The van der Waals surface area contributed by atoms with E-state index in [1.807, 2.05) is 18.2 Å². The predicted octanol–water partition coefficient (Wildman–Crippen LogP) is 1.76. The summed E-state index contributed by atoms with van der Waals surface area (Å²) >= 11 is 6.07. The van der Waals surface area contributed by atoms with Crippen LogP contribution in [0.1, 0.15) is 23.5 Å². The number of rotatable bonds is 4. The molecule has 2 aromatic rings. The van der Waals surface area contributed by atoms with Crippen LogP contribution in [-0.2, 0) is 13.5 Å². The highest BCUT2D eigenvalue weighted by Gasteiger charge is 2.23. The molecule has 1 aromatic carbocycles. The molecule has 6 heteroatoms. The lowest BCUT2D eigenvalue weighted by Crippen LogP contribution is -2.35. The second kappa shape index (κ2) is 6.72. The average Bonchev–Trinajstić information content (AvgIpc) is 3.01. The number of benzene rings is 1. The number of nitrogens with one attached hydrogen (secondary N) is 1. The van der Waals surface area contributed by atoms with Crippen molar-refractivity contribution >= 4 is 11.6 Å². The summed E-state index contributed by atoms with van der Waals surface area (Å²) in [5.41, 5.74) is 1.35. The van der Waals surface area contributed by atoms with Crippen molar-refractivity contribution in [2.45, 2.75) is 18.8 Å². The third kappa shape index (κ3) is 3.57. The van der Waals surface area contributed by atoms with Gasteiger partial charge in [0.05, 0.1) is 0 Å². The van der Waals surface area contributed by atoms with E-state index in [0.717, 1.165) is 35.6 Å². The fraction of sp³-hybridized carbons (Fsp3) is 0.412. The molecule has 5 nitrogen and oxygen atoms in total. The van der Waals surface area contributed by atoms with E-state index in [0.29, 0.717) is 17.9 Å². The lowest BCUT2D eigenvalue weighted by Gasteiger charge is -2.16. The summed E-state index contributed by atoms with van der Waals surface area (Å²) in [7, 11) is 1.50. The van der Waals surface area contributed by atoms with E-state index in [4.69, 9.17) is 11.6 Å². The molecule has 122 valence electrons. The van der Waals surface area contributed by atoms with Crippen molar-refractivity contribution in [3.8, 4) is 0 Å². The highest BCUT2D eigenvalue weighted by Crippen LogP contribution is 2.28. The number of nitrogens with zero attached hydrogens (tertiary/aromatic N) is 2. The molecule has 0 unspecified atom stereocenters. The Bertz CT molecular complexity index is 812. The summed E-state index contributed by atoms with van der Waals surface area (Å²) in [5, 5.41) is 0.776. The van der Waals surface area contributed by atoms with Crippen LogP contribution in [0.2, 0.25) is 5.02 Å². The maximum atomic E-state index is 12.0. The minimum Gasteiger partial charge on any atom is -0.314 e. The molecular weight excluding hydrogens is 314 g/mol. The fourth-order valence-corrected chi connectivity index (χ4v) is 3.34. The lowest BCUT2D eigenvalue weighted by molar-refractivity contribution is 0.338. The minimum absolute atomic E-state index is 0.209. The van der Waals surface area contributed by atoms with Gasteiger partial charge < -0.3 is 9.88 Å². The van der Waals surface area contributed by atoms with Gasteiger partial charge in [-0.25, -0.2) is 4.79 Å². The molecule has 1 aliphatic heterocycles. The molecule has 1 fully saturated rings. The molecule has 1 aliphatic rings. The van der Waals surface area contributed by atoms with Crippen molar-refractivity contribution in [1.29, 1.82) is 0 Å². The molecule has 0 radical (unpaired) electrons. The van der Waals surface area contributed by atoms with Crippen LogP contribution in [0.5, 0.6) is 0 Å². The number of aromatic amines is 1. The van der Waals surface area contributed by atoms with Gasteiger partial charge in [-0.2, -0.15) is 0 Å². The summed E-state index contributed by atoms with van der Waals surface area (Å²) < 4.78 is 1.12. The summed E-state index contributed by atoms with van der Waals surface area (Å²) in [6, 6.07) is 8.04. The molecule has 0 spiro atoms. The first-order valence-corrected chi connectivity index (χ1v) is 8.18. The van der Waals surface area contributed by atoms with E-state index < -0.39 is 0 Å². The third-order valence-corrected chi connectivity index (χ3v) is 4.78. The number of aromatic nitrogens is 2. The van der Waals surface area contributed by atoms with Gasteiger partial charge in [0.1, 0.15) is 0 Å². The maximum Gasteiger partial charge on any atom is 0.328 e. The van der Waals surface area contributed by atoms with Gasteiger partial charge in [-0.1, -0.05) is 23.7 Å². The second-order valence-corrected chi connectivity index (χ2v) is 6.51. The first-order valence-electron chi connectivity index (χ1n) is 7.80. The zero-order valence-electron chi connectivity index (χ0n) is 13.1. The Morgan fingerprint density at radius 3 is 2.96 bits per heavy atom. The molecule has 0 bridgehead atoms. The number of hydrogen-bond donors (Lipinski definition) is 1. The van der Waals surface area contributed by atoms with E-state index in [2.05, 4.69) is 16.0 Å². The van der Waals surface area contributed by atoms with Crippen LogP contribution < -0.4 is 11.2 Å². The predicted molar refractivity (Wildman–Crippen MR) is 91.3 cm³/mol. The number of hydrogen-bond acceptors (Lipinski definition) is 3. The van der Waals surface area contributed by atoms with Crippen molar-refractivity contribution in [2.24, 2.45) is 7.05 Å². The topological polar surface area (TPSA) is 58.1 Å². The molecule has 1 aromatic heterocycles. The van der Waals surface area contributed by atoms with Gasteiger partial charge in [0.25, 0.3) is 5.56 Å². The van der Waals surface area contributed by atoms with Crippen molar-refractivity contribution in [1.82, 2.24) is 14.5 Å². The largest absolute Gasteiger partial charge is 0.328 e. The van der Waals surface area contributed by atoms with Gasteiger partial charge in [0.15, 0.2) is 0 Å².